The van der Waals surface area contributed by atoms with Crippen molar-refractivity contribution in [2.24, 2.45) is 4.99 Å². The molecule has 0 saturated carbocycles. The van der Waals surface area contributed by atoms with Crippen molar-refractivity contribution in [1.82, 2.24) is 20.2 Å². The van der Waals surface area contributed by atoms with Gasteiger partial charge in [-0.1, -0.05) is 11.8 Å². The molecule has 96 valence electrons. The maximum Gasteiger partial charge on any atom is 0.190 e. The maximum atomic E-state index is 4.56. The maximum absolute atomic E-state index is 4.56. The van der Waals surface area contributed by atoms with Gasteiger partial charge < -0.3 is 15.2 Å². The number of fused-ring (bicyclic) bond motifs is 1. The van der Waals surface area contributed by atoms with Crippen molar-refractivity contribution in [2.45, 2.75) is 18.1 Å². The first-order valence-corrected chi connectivity index (χ1v) is 6.39. The summed E-state index contributed by atoms with van der Waals surface area (Å²) >= 11 is 1.83. The number of hydrogen-bond donors (Lipinski definition) is 2. The third kappa shape index (κ3) is 3.77. The van der Waals surface area contributed by atoms with Crippen molar-refractivity contribution in [1.29, 1.82) is 0 Å². The molecule has 0 radical (unpaired) electrons. The molecule has 1 aromatic heterocycles. The van der Waals surface area contributed by atoms with Gasteiger partial charge in [0, 0.05) is 45.6 Å². The Kier molecular flexibility index (Phi) is 6.10. The molecule has 0 amide bonds. The van der Waals surface area contributed by atoms with E-state index in [0.717, 1.165) is 42.1 Å². The largest absolute Gasteiger partial charge is 0.359 e. The van der Waals surface area contributed by atoms with E-state index in [2.05, 4.69) is 31.4 Å². The predicted octanol–water partition coefficient (Wildman–Crippen LogP) is 0.944. The van der Waals surface area contributed by atoms with Crippen LogP contribution in [0.15, 0.2) is 16.3 Å². The zero-order valence-corrected chi connectivity index (χ0v) is 13.2. The van der Waals surface area contributed by atoms with Crippen molar-refractivity contribution in [3.63, 3.8) is 0 Å². The molecule has 7 heteroatoms. The minimum Gasteiger partial charge on any atom is -0.359 e. The molecule has 0 fully saturated rings. The molecule has 0 aliphatic carbocycles. The molecule has 1 aliphatic rings. The number of halogens is 1. The minimum atomic E-state index is 0. The Bertz CT molecular complexity index is 369. The fourth-order valence-corrected chi connectivity index (χ4v) is 2.63. The Balaban J connectivity index is 0.00000144. The first-order chi connectivity index (χ1) is 7.83. The van der Waals surface area contributed by atoms with Gasteiger partial charge in [-0.3, -0.25) is 4.99 Å². The molecule has 0 atom stereocenters. The van der Waals surface area contributed by atoms with Crippen LogP contribution in [-0.2, 0) is 13.0 Å². The van der Waals surface area contributed by atoms with Crippen molar-refractivity contribution in [2.75, 3.05) is 26.4 Å². The lowest BCUT2D eigenvalue weighted by Gasteiger charge is -2.06. The highest BCUT2D eigenvalue weighted by Gasteiger charge is 2.13. The van der Waals surface area contributed by atoms with E-state index in [1.807, 2.05) is 18.8 Å². The summed E-state index contributed by atoms with van der Waals surface area (Å²) in [6.07, 6.45) is 3.08. The highest BCUT2D eigenvalue weighted by Crippen LogP contribution is 2.24. The minimum absolute atomic E-state index is 0. The van der Waals surface area contributed by atoms with Gasteiger partial charge >= 0.3 is 0 Å². The summed E-state index contributed by atoms with van der Waals surface area (Å²) in [6, 6.07) is 0. The summed E-state index contributed by atoms with van der Waals surface area (Å²) in [5.41, 5.74) is 1.15. The summed E-state index contributed by atoms with van der Waals surface area (Å²) < 4.78 is 2.23. The summed E-state index contributed by atoms with van der Waals surface area (Å²) in [7, 11) is 3.62. The van der Waals surface area contributed by atoms with E-state index in [0.29, 0.717) is 0 Å². The lowest BCUT2D eigenvalue weighted by Crippen LogP contribution is -2.35. The number of guanidine groups is 1. The average Bonchev–Trinajstić information content (AvgIpc) is 2.84. The van der Waals surface area contributed by atoms with Crippen LogP contribution in [0.2, 0.25) is 0 Å². The third-order valence-corrected chi connectivity index (χ3v) is 3.46. The van der Waals surface area contributed by atoms with Crippen LogP contribution in [0.1, 0.15) is 5.69 Å². The van der Waals surface area contributed by atoms with E-state index in [4.69, 9.17) is 0 Å². The molecule has 2 heterocycles. The van der Waals surface area contributed by atoms with Crippen LogP contribution in [-0.4, -0.2) is 41.9 Å². The number of hydrogen-bond acceptors (Lipinski definition) is 3. The summed E-state index contributed by atoms with van der Waals surface area (Å²) in [6.45, 7) is 1.95. The first kappa shape index (κ1) is 14.6. The standard InChI is InChI=1S/C10H17N5S.HI/c1-11-9(12-2)13-4-3-8-7-15-5-6-16-10(15)14-8;/h7H,3-6H2,1-2H3,(H2,11,12,13);1H. The topological polar surface area (TPSA) is 54.2 Å². The quantitative estimate of drug-likeness (QED) is 0.475. The fraction of sp³-hybridized carbons (Fsp3) is 0.600. The zero-order chi connectivity index (χ0) is 11.4. The van der Waals surface area contributed by atoms with E-state index < -0.39 is 0 Å². The monoisotopic (exact) mass is 367 g/mol. The van der Waals surface area contributed by atoms with Gasteiger partial charge in [-0.05, 0) is 0 Å². The van der Waals surface area contributed by atoms with Gasteiger partial charge in [0.15, 0.2) is 11.1 Å². The summed E-state index contributed by atoms with van der Waals surface area (Å²) in [5.74, 6) is 1.98. The Morgan fingerprint density at radius 1 is 1.65 bits per heavy atom. The molecule has 0 aromatic carbocycles. The predicted molar refractivity (Wildman–Crippen MR) is 82.5 cm³/mol. The van der Waals surface area contributed by atoms with E-state index >= 15 is 0 Å². The number of aryl methyl sites for hydroxylation is 1. The summed E-state index contributed by atoms with van der Waals surface area (Å²) in [5, 5.41) is 7.36. The molecule has 2 N–H and O–H groups in total. The Hall–Kier alpha value is -0.440. The van der Waals surface area contributed by atoms with E-state index in [-0.39, 0.29) is 24.0 Å². The highest BCUT2D eigenvalue weighted by atomic mass is 127. The molecule has 5 nitrogen and oxygen atoms in total. The van der Waals surface area contributed by atoms with Gasteiger partial charge in [-0.25, -0.2) is 4.98 Å². The highest BCUT2D eigenvalue weighted by molar-refractivity contribution is 14.0. The van der Waals surface area contributed by atoms with Gasteiger partial charge in [0.25, 0.3) is 0 Å². The molecule has 1 aromatic rings. The number of imidazole rings is 1. The smallest absolute Gasteiger partial charge is 0.190 e. The number of nitrogens with one attached hydrogen (secondary N) is 2. The SMILES string of the molecule is CN=C(NC)NCCc1cn2c(n1)SCC2.I. The second-order valence-electron chi connectivity index (χ2n) is 3.56. The van der Waals surface area contributed by atoms with Crippen LogP contribution in [0.4, 0.5) is 0 Å². The Morgan fingerprint density at radius 2 is 2.47 bits per heavy atom. The van der Waals surface area contributed by atoms with Crippen LogP contribution < -0.4 is 10.6 Å². The second kappa shape index (κ2) is 7.10. The first-order valence-electron chi connectivity index (χ1n) is 5.40. The second-order valence-corrected chi connectivity index (χ2v) is 4.62. The van der Waals surface area contributed by atoms with Crippen LogP contribution >= 0.6 is 35.7 Å². The van der Waals surface area contributed by atoms with Gasteiger partial charge in [-0.2, -0.15) is 0 Å². The van der Waals surface area contributed by atoms with Crippen LogP contribution in [0.25, 0.3) is 0 Å². The van der Waals surface area contributed by atoms with Crippen LogP contribution in [0, 0.1) is 0 Å². The summed E-state index contributed by atoms with van der Waals surface area (Å²) in [4.78, 5) is 8.62. The van der Waals surface area contributed by atoms with Gasteiger partial charge in [-0.15, -0.1) is 24.0 Å². The van der Waals surface area contributed by atoms with E-state index in [1.54, 1.807) is 7.05 Å². The van der Waals surface area contributed by atoms with Crippen LogP contribution in [0.5, 0.6) is 0 Å². The Morgan fingerprint density at radius 3 is 3.12 bits per heavy atom. The number of aliphatic imine (C=N–C) groups is 1. The lowest BCUT2D eigenvalue weighted by atomic mass is 10.3. The molecule has 0 saturated heterocycles. The van der Waals surface area contributed by atoms with Gasteiger partial charge in [0.05, 0.1) is 5.69 Å². The van der Waals surface area contributed by atoms with Crippen molar-refractivity contribution in [3.8, 4) is 0 Å². The molecular weight excluding hydrogens is 349 g/mol. The Labute approximate surface area is 123 Å². The molecular formula is C10H18IN5S. The molecule has 0 unspecified atom stereocenters. The van der Waals surface area contributed by atoms with Crippen molar-refractivity contribution in [3.05, 3.63) is 11.9 Å². The number of aromatic nitrogens is 2. The molecule has 0 spiro atoms. The fourth-order valence-electron chi connectivity index (χ4n) is 1.67. The molecule has 17 heavy (non-hydrogen) atoms. The van der Waals surface area contributed by atoms with Crippen LogP contribution in [0.3, 0.4) is 0 Å². The lowest BCUT2D eigenvalue weighted by molar-refractivity contribution is 0.719. The van der Waals surface area contributed by atoms with Crippen molar-refractivity contribution >= 4 is 41.7 Å². The molecule has 2 rings (SSSR count). The molecule has 1 aliphatic heterocycles. The zero-order valence-electron chi connectivity index (χ0n) is 10.1. The average molecular weight is 367 g/mol. The number of thioether (sulfide) groups is 1. The van der Waals surface area contributed by atoms with E-state index in [9.17, 15) is 0 Å². The third-order valence-electron chi connectivity index (χ3n) is 2.49. The molecule has 0 bridgehead atoms. The number of nitrogens with zero attached hydrogens (tertiary/aromatic N) is 3. The van der Waals surface area contributed by atoms with Crippen molar-refractivity contribution < 1.29 is 0 Å². The number of rotatable bonds is 3. The van der Waals surface area contributed by atoms with Gasteiger partial charge in [0.1, 0.15) is 0 Å². The van der Waals surface area contributed by atoms with Gasteiger partial charge in [0.2, 0.25) is 0 Å². The normalized spacial score (nSPS) is 14.1. The van der Waals surface area contributed by atoms with E-state index in [1.165, 1.54) is 0 Å².